The summed E-state index contributed by atoms with van der Waals surface area (Å²) >= 11 is 0. The van der Waals surface area contributed by atoms with Crippen LogP contribution >= 0.6 is 0 Å². The van der Waals surface area contributed by atoms with Crippen LogP contribution in [0.5, 0.6) is 0 Å². The summed E-state index contributed by atoms with van der Waals surface area (Å²) in [4.78, 5) is 4.68. The van der Waals surface area contributed by atoms with Crippen molar-refractivity contribution < 1.29 is 0 Å². The Morgan fingerprint density at radius 3 is 2.17 bits per heavy atom. The first-order chi connectivity index (χ1) is 8.36. The molecular weight excluding hydrogens is 218 g/mol. The average molecular weight is 249 g/mol. The van der Waals surface area contributed by atoms with E-state index in [1.54, 1.807) is 0 Å². The molecule has 1 atom stereocenters. The summed E-state index contributed by atoms with van der Waals surface area (Å²) < 4.78 is 0. The van der Waals surface area contributed by atoms with Crippen molar-refractivity contribution in [3.05, 3.63) is 23.4 Å². The molecule has 18 heavy (non-hydrogen) atoms. The second kappa shape index (κ2) is 8.29. The van der Waals surface area contributed by atoms with Crippen LogP contribution in [-0.4, -0.2) is 6.21 Å². The smallest absolute Gasteiger partial charge is 0.0414 e. The first-order valence-corrected chi connectivity index (χ1v) is 7.23. The van der Waals surface area contributed by atoms with Crippen molar-refractivity contribution >= 4 is 6.21 Å². The fourth-order valence-corrected chi connectivity index (χ4v) is 2.01. The van der Waals surface area contributed by atoms with Crippen molar-refractivity contribution in [2.24, 2.45) is 16.3 Å². The highest BCUT2D eigenvalue weighted by Gasteiger charge is 2.15. The summed E-state index contributed by atoms with van der Waals surface area (Å²) in [6, 6.07) is 0. The Morgan fingerprint density at radius 2 is 1.78 bits per heavy atom. The Balaban J connectivity index is 4.73. The lowest BCUT2D eigenvalue weighted by Crippen LogP contribution is -2.08. The van der Waals surface area contributed by atoms with E-state index in [1.165, 1.54) is 24.8 Å². The first kappa shape index (κ1) is 17.2. The van der Waals surface area contributed by atoms with Crippen molar-refractivity contribution in [3.8, 4) is 0 Å². The average Bonchev–Trinajstić information content (AvgIpc) is 2.30. The zero-order valence-corrected chi connectivity index (χ0v) is 13.4. The van der Waals surface area contributed by atoms with Gasteiger partial charge in [-0.15, -0.1) is 0 Å². The fourth-order valence-electron chi connectivity index (χ4n) is 2.01. The lowest BCUT2D eigenvalue weighted by atomic mass is 9.91. The van der Waals surface area contributed by atoms with E-state index in [2.05, 4.69) is 71.8 Å². The van der Waals surface area contributed by atoms with Gasteiger partial charge in [0.25, 0.3) is 0 Å². The van der Waals surface area contributed by atoms with Gasteiger partial charge < -0.3 is 0 Å². The highest BCUT2D eigenvalue weighted by molar-refractivity contribution is 5.80. The second-order valence-electron chi connectivity index (χ2n) is 6.01. The predicted octanol–water partition coefficient (Wildman–Crippen LogP) is 5.78. The molecule has 0 aromatic rings. The van der Waals surface area contributed by atoms with Crippen molar-refractivity contribution in [1.82, 2.24) is 0 Å². The van der Waals surface area contributed by atoms with Gasteiger partial charge in [-0.25, -0.2) is 0 Å². The number of hydrogen-bond donors (Lipinski definition) is 0. The number of allylic oxidation sites excluding steroid dienone is 4. The number of nitrogens with zero attached hydrogens (tertiary/aromatic N) is 1. The van der Waals surface area contributed by atoms with E-state index in [0.29, 0.717) is 5.92 Å². The Bertz CT molecular complexity index is 313. The molecule has 0 fully saturated rings. The number of aliphatic imine (C=N–C) groups is 1. The quantitative estimate of drug-likeness (QED) is 0.529. The number of hydrogen-bond acceptors (Lipinski definition) is 1. The molecule has 0 bridgehead atoms. The molecule has 1 heteroatoms. The van der Waals surface area contributed by atoms with Gasteiger partial charge in [0.15, 0.2) is 0 Å². The van der Waals surface area contributed by atoms with Crippen molar-refractivity contribution in [3.63, 3.8) is 0 Å². The molecule has 0 amide bonds. The molecule has 0 aromatic carbocycles. The molecule has 0 saturated heterocycles. The molecule has 0 aliphatic heterocycles. The van der Waals surface area contributed by atoms with Crippen molar-refractivity contribution in [2.75, 3.05) is 0 Å². The maximum Gasteiger partial charge on any atom is 0.0414 e. The molecule has 0 aromatic heterocycles. The maximum absolute atomic E-state index is 4.68. The fraction of sp³-hybridized carbons (Fsp3) is 0.706. The molecule has 0 radical (unpaired) electrons. The summed E-state index contributed by atoms with van der Waals surface area (Å²) in [7, 11) is 0. The zero-order valence-electron chi connectivity index (χ0n) is 13.4. The van der Waals surface area contributed by atoms with Crippen LogP contribution in [0.2, 0.25) is 0 Å². The van der Waals surface area contributed by atoms with Gasteiger partial charge in [0, 0.05) is 17.3 Å². The normalized spacial score (nSPS) is 16.4. The predicted molar refractivity (Wildman–Crippen MR) is 84.2 cm³/mol. The van der Waals surface area contributed by atoms with E-state index in [0.717, 1.165) is 5.70 Å². The molecule has 0 N–H and O–H groups in total. The van der Waals surface area contributed by atoms with Crippen LogP contribution in [0.25, 0.3) is 0 Å². The number of rotatable bonds is 6. The minimum Gasteiger partial charge on any atom is -0.261 e. The summed E-state index contributed by atoms with van der Waals surface area (Å²) in [5, 5.41) is 0. The topological polar surface area (TPSA) is 12.4 Å². The molecular formula is C17H31N. The van der Waals surface area contributed by atoms with Crippen LogP contribution < -0.4 is 0 Å². The summed E-state index contributed by atoms with van der Waals surface area (Å²) in [6.07, 6.45) is 10.2. The van der Waals surface area contributed by atoms with Gasteiger partial charge in [-0.1, -0.05) is 59.6 Å². The van der Waals surface area contributed by atoms with Crippen molar-refractivity contribution in [1.29, 1.82) is 0 Å². The zero-order chi connectivity index (χ0) is 14.2. The van der Waals surface area contributed by atoms with Crippen molar-refractivity contribution in [2.45, 2.75) is 67.7 Å². The van der Waals surface area contributed by atoms with Crippen LogP contribution in [0.4, 0.5) is 0 Å². The Kier molecular flexibility index (Phi) is 7.90. The van der Waals surface area contributed by atoms with E-state index >= 15 is 0 Å². The number of unbranched alkanes of at least 4 members (excludes halogenated alkanes) is 1. The SMILES string of the molecule is CC=C(N=C/C(=C\C)C(C)CCCC)C(C)(C)C. The Hall–Kier alpha value is -0.850. The highest BCUT2D eigenvalue weighted by atomic mass is 14.8. The first-order valence-electron chi connectivity index (χ1n) is 7.23. The molecule has 0 aliphatic carbocycles. The monoisotopic (exact) mass is 249 g/mol. The van der Waals surface area contributed by atoms with Gasteiger partial charge >= 0.3 is 0 Å². The lowest BCUT2D eigenvalue weighted by molar-refractivity contribution is 0.497. The van der Waals surface area contributed by atoms with E-state index in [4.69, 9.17) is 0 Å². The minimum absolute atomic E-state index is 0.122. The Labute approximate surface area is 114 Å². The third-order valence-corrected chi connectivity index (χ3v) is 3.29. The highest BCUT2D eigenvalue weighted by Crippen LogP contribution is 2.26. The van der Waals surface area contributed by atoms with Gasteiger partial charge in [0.05, 0.1) is 0 Å². The van der Waals surface area contributed by atoms with Gasteiger partial charge in [0.2, 0.25) is 0 Å². The summed E-state index contributed by atoms with van der Waals surface area (Å²) in [5.74, 6) is 0.608. The molecule has 104 valence electrons. The van der Waals surface area contributed by atoms with Crippen LogP contribution in [0.1, 0.15) is 67.7 Å². The second-order valence-corrected chi connectivity index (χ2v) is 6.01. The Morgan fingerprint density at radius 1 is 1.17 bits per heavy atom. The molecule has 0 rings (SSSR count). The standard InChI is InChI=1S/C17H31N/c1-8-11-12-14(4)15(9-2)13-18-16(10-3)17(5,6)7/h9-10,13-14H,8,11-12H2,1-7H3/b15-9+,16-10?,18-13?. The van der Waals surface area contributed by atoms with Gasteiger partial charge in [-0.2, -0.15) is 0 Å². The van der Waals surface area contributed by atoms with Gasteiger partial charge in [-0.3, -0.25) is 4.99 Å². The third-order valence-electron chi connectivity index (χ3n) is 3.29. The van der Waals surface area contributed by atoms with Gasteiger partial charge in [0.1, 0.15) is 0 Å². The largest absolute Gasteiger partial charge is 0.261 e. The lowest BCUT2D eigenvalue weighted by Gasteiger charge is -2.19. The van der Waals surface area contributed by atoms with E-state index in [-0.39, 0.29) is 5.41 Å². The summed E-state index contributed by atoms with van der Waals surface area (Å²) in [5.41, 5.74) is 2.63. The van der Waals surface area contributed by atoms with Crippen LogP contribution in [0.15, 0.2) is 28.4 Å². The van der Waals surface area contributed by atoms with E-state index < -0.39 is 0 Å². The molecule has 0 spiro atoms. The van der Waals surface area contributed by atoms with Crippen LogP contribution in [-0.2, 0) is 0 Å². The van der Waals surface area contributed by atoms with Gasteiger partial charge in [-0.05, 0) is 31.8 Å². The molecule has 0 saturated carbocycles. The van der Waals surface area contributed by atoms with E-state index in [1.807, 2.05) is 0 Å². The maximum atomic E-state index is 4.68. The molecule has 1 unspecified atom stereocenters. The minimum atomic E-state index is 0.122. The third kappa shape index (κ3) is 6.18. The van der Waals surface area contributed by atoms with Crippen LogP contribution in [0.3, 0.4) is 0 Å². The van der Waals surface area contributed by atoms with Crippen LogP contribution in [0, 0.1) is 11.3 Å². The molecule has 1 nitrogen and oxygen atoms in total. The van der Waals surface area contributed by atoms with E-state index in [9.17, 15) is 0 Å². The molecule has 0 heterocycles. The summed E-state index contributed by atoms with van der Waals surface area (Å²) in [6.45, 7) is 15.3. The molecule has 0 aliphatic rings.